The summed E-state index contributed by atoms with van der Waals surface area (Å²) in [5.74, 6) is 0.590. The number of hydrogen-bond acceptors (Lipinski definition) is 3. The van der Waals surface area contributed by atoms with E-state index >= 15 is 0 Å². The number of fused-ring (bicyclic) bond motifs is 1. The highest BCUT2D eigenvalue weighted by Crippen LogP contribution is 2.23. The highest BCUT2D eigenvalue weighted by atomic mass is 32.2. The molecule has 0 aliphatic heterocycles. The van der Waals surface area contributed by atoms with E-state index in [9.17, 15) is 4.79 Å². The predicted molar refractivity (Wildman–Crippen MR) is 84.9 cm³/mol. The van der Waals surface area contributed by atoms with Crippen molar-refractivity contribution < 1.29 is 4.79 Å². The normalized spacial score (nSPS) is 12.7. The molecule has 108 valence electrons. The summed E-state index contributed by atoms with van der Waals surface area (Å²) in [4.78, 5) is 14.7. The molecule has 1 unspecified atom stereocenters. The van der Waals surface area contributed by atoms with Crippen molar-refractivity contribution in [3.63, 3.8) is 0 Å². The van der Waals surface area contributed by atoms with Gasteiger partial charge in [-0.05, 0) is 31.5 Å². The average molecular weight is 291 g/mol. The van der Waals surface area contributed by atoms with Crippen LogP contribution in [0.5, 0.6) is 0 Å². The minimum Gasteiger partial charge on any atom is -0.368 e. The van der Waals surface area contributed by atoms with Crippen LogP contribution >= 0.6 is 11.8 Å². The average Bonchev–Trinajstić information content (AvgIpc) is 2.84. The Labute approximate surface area is 123 Å². The lowest BCUT2D eigenvalue weighted by Crippen LogP contribution is -2.41. The molecule has 1 heterocycles. The van der Waals surface area contributed by atoms with E-state index in [1.807, 2.05) is 12.1 Å². The highest BCUT2D eigenvalue weighted by molar-refractivity contribution is 7.99. The predicted octanol–water partition coefficient (Wildman–Crippen LogP) is 2.50. The molecule has 20 heavy (non-hydrogen) atoms. The van der Waals surface area contributed by atoms with Gasteiger partial charge in [0.05, 0.1) is 11.1 Å². The number of benzene rings is 1. The number of carbonyl (C=O) groups excluding carboxylic acids is 1. The maximum atomic E-state index is 11.3. The number of rotatable bonds is 8. The van der Waals surface area contributed by atoms with Gasteiger partial charge < -0.3 is 16.0 Å². The summed E-state index contributed by atoms with van der Waals surface area (Å²) in [7, 11) is 0. The van der Waals surface area contributed by atoms with Crippen LogP contribution < -0.4 is 11.1 Å². The van der Waals surface area contributed by atoms with Crippen LogP contribution in [0.3, 0.4) is 0 Å². The van der Waals surface area contributed by atoms with Gasteiger partial charge in [0, 0.05) is 16.7 Å². The Hall–Kier alpha value is -1.46. The first-order valence-corrected chi connectivity index (χ1v) is 7.92. The molecule has 1 atom stereocenters. The molecule has 1 aromatic carbocycles. The van der Waals surface area contributed by atoms with Crippen molar-refractivity contribution in [3.8, 4) is 0 Å². The van der Waals surface area contributed by atoms with Gasteiger partial charge in [0.1, 0.15) is 0 Å². The molecule has 2 rings (SSSR count). The third-order valence-electron chi connectivity index (χ3n) is 3.15. The van der Waals surface area contributed by atoms with Crippen LogP contribution in [0.25, 0.3) is 10.9 Å². The molecule has 0 bridgehead atoms. The van der Waals surface area contributed by atoms with Gasteiger partial charge in [-0.3, -0.25) is 4.79 Å². The van der Waals surface area contributed by atoms with Crippen molar-refractivity contribution in [2.75, 3.05) is 12.3 Å². The van der Waals surface area contributed by atoms with Crippen molar-refractivity contribution >= 4 is 28.6 Å². The lowest BCUT2D eigenvalue weighted by molar-refractivity contribution is -0.120. The standard InChI is InChI=1S/C15H21N3OS/c1-2-8-17-13(15(16)19)7-9-20-14-10-11-5-3-4-6-12(11)18-14/h3-6,10,13,17-18H,2,7-9H2,1H3,(H2,16,19). The summed E-state index contributed by atoms with van der Waals surface area (Å²) in [5.41, 5.74) is 6.54. The molecular weight excluding hydrogens is 270 g/mol. The fourth-order valence-electron chi connectivity index (χ4n) is 2.07. The SMILES string of the molecule is CCCNC(CCSc1cc2ccccc2[nH]1)C(N)=O. The molecule has 0 spiro atoms. The summed E-state index contributed by atoms with van der Waals surface area (Å²) in [6.07, 6.45) is 1.74. The van der Waals surface area contributed by atoms with Gasteiger partial charge in [-0.15, -0.1) is 11.8 Å². The lowest BCUT2D eigenvalue weighted by Gasteiger charge is -2.14. The summed E-state index contributed by atoms with van der Waals surface area (Å²) in [5, 5.41) is 5.53. The summed E-state index contributed by atoms with van der Waals surface area (Å²) < 4.78 is 0. The van der Waals surface area contributed by atoms with E-state index < -0.39 is 0 Å². The minimum absolute atomic E-state index is 0.230. The van der Waals surface area contributed by atoms with E-state index in [0.29, 0.717) is 0 Å². The summed E-state index contributed by atoms with van der Waals surface area (Å²) in [6.45, 7) is 2.90. The number of hydrogen-bond donors (Lipinski definition) is 3. The van der Waals surface area contributed by atoms with E-state index in [1.54, 1.807) is 11.8 Å². The third kappa shape index (κ3) is 4.02. The Morgan fingerprint density at radius 1 is 1.45 bits per heavy atom. The van der Waals surface area contributed by atoms with Crippen molar-refractivity contribution in [1.82, 2.24) is 10.3 Å². The number of primary amides is 1. The molecular formula is C15H21N3OS. The molecule has 0 saturated heterocycles. The maximum Gasteiger partial charge on any atom is 0.234 e. The van der Waals surface area contributed by atoms with E-state index in [4.69, 9.17) is 5.73 Å². The van der Waals surface area contributed by atoms with Crippen LogP contribution in [0, 0.1) is 0 Å². The number of amides is 1. The number of thioether (sulfide) groups is 1. The third-order valence-corrected chi connectivity index (χ3v) is 4.12. The first-order valence-electron chi connectivity index (χ1n) is 6.94. The van der Waals surface area contributed by atoms with Gasteiger partial charge in [-0.25, -0.2) is 0 Å². The molecule has 4 nitrogen and oxygen atoms in total. The maximum absolute atomic E-state index is 11.3. The molecule has 0 fully saturated rings. The fourth-order valence-corrected chi connectivity index (χ4v) is 3.04. The number of carbonyl (C=O) groups is 1. The second kappa shape index (κ2) is 7.36. The molecule has 2 aromatic rings. The second-order valence-corrected chi connectivity index (χ2v) is 5.90. The molecule has 0 aliphatic rings. The summed E-state index contributed by atoms with van der Waals surface area (Å²) in [6, 6.07) is 10.1. The number of nitrogens with two attached hydrogens (primary N) is 1. The first-order chi connectivity index (χ1) is 9.70. The van der Waals surface area contributed by atoms with Crippen molar-refractivity contribution in [2.24, 2.45) is 5.73 Å². The van der Waals surface area contributed by atoms with Gasteiger partial charge in [-0.1, -0.05) is 25.1 Å². The Bertz CT molecular complexity index is 534. The topological polar surface area (TPSA) is 70.9 Å². The number of para-hydroxylation sites is 1. The molecule has 0 aliphatic carbocycles. The molecule has 0 radical (unpaired) electrons. The second-order valence-electron chi connectivity index (χ2n) is 4.77. The number of aromatic nitrogens is 1. The van der Waals surface area contributed by atoms with Gasteiger partial charge in [0.2, 0.25) is 5.91 Å². The Balaban J connectivity index is 1.86. The zero-order valence-corrected chi connectivity index (χ0v) is 12.5. The Kier molecular flexibility index (Phi) is 5.49. The van der Waals surface area contributed by atoms with Gasteiger partial charge in [-0.2, -0.15) is 0 Å². The number of aromatic amines is 1. The van der Waals surface area contributed by atoms with E-state index in [1.165, 1.54) is 5.39 Å². The highest BCUT2D eigenvalue weighted by Gasteiger charge is 2.13. The minimum atomic E-state index is -0.268. The zero-order chi connectivity index (χ0) is 14.4. The largest absolute Gasteiger partial charge is 0.368 e. The van der Waals surface area contributed by atoms with Crippen LogP contribution in [0.1, 0.15) is 19.8 Å². The first kappa shape index (κ1) is 14.9. The quantitative estimate of drug-likeness (QED) is 0.654. The van der Waals surface area contributed by atoms with Gasteiger partial charge in [0.25, 0.3) is 0 Å². The molecule has 4 N–H and O–H groups in total. The monoisotopic (exact) mass is 291 g/mol. The molecule has 5 heteroatoms. The fraction of sp³-hybridized carbons (Fsp3) is 0.400. The van der Waals surface area contributed by atoms with E-state index in [2.05, 4.69) is 35.4 Å². The van der Waals surface area contributed by atoms with Crippen molar-refractivity contribution in [1.29, 1.82) is 0 Å². The molecule has 0 saturated carbocycles. The van der Waals surface area contributed by atoms with E-state index in [0.717, 1.165) is 35.7 Å². The summed E-state index contributed by atoms with van der Waals surface area (Å²) >= 11 is 1.72. The van der Waals surface area contributed by atoms with Crippen LogP contribution in [-0.2, 0) is 4.79 Å². The number of nitrogens with one attached hydrogen (secondary N) is 2. The van der Waals surface area contributed by atoms with Crippen molar-refractivity contribution in [3.05, 3.63) is 30.3 Å². The zero-order valence-electron chi connectivity index (χ0n) is 11.7. The Morgan fingerprint density at radius 3 is 2.95 bits per heavy atom. The van der Waals surface area contributed by atoms with E-state index in [-0.39, 0.29) is 11.9 Å². The molecule has 1 aromatic heterocycles. The van der Waals surface area contributed by atoms with Crippen LogP contribution in [0.15, 0.2) is 35.4 Å². The van der Waals surface area contributed by atoms with Crippen LogP contribution in [-0.4, -0.2) is 29.2 Å². The molecule has 1 amide bonds. The van der Waals surface area contributed by atoms with Crippen molar-refractivity contribution in [2.45, 2.75) is 30.8 Å². The van der Waals surface area contributed by atoms with Crippen LogP contribution in [0.4, 0.5) is 0 Å². The van der Waals surface area contributed by atoms with Gasteiger partial charge in [0.15, 0.2) is 0 Å². The number of H-pyrrole nitrogens is 1. The van der Waals surface area contributed by atoms with Crippen LogP contribution in [0.2, 0.25) is 0 Å². The van der Waals surface area contributed by atoms with Gasteiger partial charge >= 0.3 is 0 Å². The smallest absolute Gasteiger partial charge is 0.234 e. The lowest BCUT2D eigenvalue weighted by atomic mass is 10.2. The Morgan fingerprint density at radius 2 is 2.25 bits per heavy atom.